The first-order chi connectivity index (χ1) is 38.8. The van der Waals surface area contributed by atoms with Crippen LogP contribution in [-0.4, -0.2) is 107 Å². The summed E-state index contributed by atoms with van der Waals surface area (Å²) in [6.45, 7) is 12.0. The van der Waals surface area contributed by atoms with Gasteiger partial charge in [0.2, 0.25) is 41.4 Å². The van der Waals surface area contributed by atoms with Crippen molar-refractivity contribution < 1.29 is 57.4 Å². The van der Waals surface area contributed by atoms with Crippen LogP contribution in [0.25, 0.3) is 0 Å². The molecular formula is C62H79N7O12. The number of nitrogens with one attached hydrogen (secondary N) is 6. The summed E-state index contributed by atoms with van der Waals surface area (Å²) in [6, 6.07) is 29.7. The largest absolute Gasteiger partial charge is 0.461 e. The molecule has 19 nitrogen and oxygen atoms in total. The lowest BCUT2D eigenvalue weighted by molar-refractivity contribution is -0.147. The van der Waals surface area contributed by atoms with Crippen molar-refractivity contribution in [2.45, 2.75) is 161 Å². The van der Waals surface area contributed by atoms with E-state index in [1.165, 1.54) is 4.90 Å². The van der Waals surface area contributed by atoms with Gasteiger partial charge in [-0.3, -0.25) is 43.2 Å². The van der Waals surface area contributed by atoms with E-state index in [2.05, 4.69) is 31.9 Å². The molecule has 0 spiro atoms. The van der Waals surface area contributed by atoms with Crippen LogP contribution in [0, 0.1) is 17.8 Å². The molecule has 4 aromatic carbocycles. The van der Waals surface area contributed by atoms with Gasteiger partial charge in [0.1, 0.15) is 49.0 Å². The summed E-state index contributed by atoms with van der Waals surface area (Å²) >= 11 is 0. The van der Waals surface area contributed by atoms with Crippen LogP contribution in [-0.2, 0) is 77.2 Å². The molecule has 19 heteroatoms. The minimum atomic E-state index is -1.51. The number of hydrogen-bond acceptors (Lipinski definition) is 12. The monoisotopic (exact) mass is 1110 g/mol. The topological polar surface area (TPSA) is 257 Å². The summed E-state index contributed by atoms with van der Waals surface area (Å²) < 4.78 is 17.2. The lowest BCUT2D eigenvalue weighted by atomic mass is 9.95. The fourth-order valence-corrected chi connectivity index (χ4v) is 9.89. The zero-order chi connectivity index (χ0) is 58.6. The van der Waals surface area contributed by atoms with Crippen molar-refractivity contribution in [1.29, 1.82) is 0 Å². The van der Waals surface area contributed by atoms with Crippen LogP contribution in [0.1, 0.15) is 122 Å². The molecule has 1 saturated heterocycles. The Morgan fingerprint density at radius 1 is 0.617 bits per heavy atom. The van der Waals surface area contributed by atoms with Crippen LogP contribution in [0.15, 0.2) is 121 Å². The molecule has 2 aliphatic rings. The number of esters is 2. The van der Waals surface area contributed by atoms with Gasteiger partial charge >= 0.3 is 11.9 Å². The van der Waals surface area contributed by atoms with E-state index in [0.29, 0.717) is 24.8 Å². The Morgan fingerprint density at radius 2 is 1.15 bits per heavy atom. The molecule has 6 rings (SSSR count). The van der Waals surface area contributed by atoms with Gasteiger partial charge in [-0.2, -0.15) is 0 Å². The number of carbonyl (C=O) groups excluding carboxylic acids is 9. The fourth-order valence-electron chi connectivity index (χ4n) is 9.89. The highest BCUT2D eigenvalue weighted by Gasteiger charge is 2.61. The van der Waals surface area contributed by atoms with Gasteiger partial charge in [0.05, 0.1) is 25.2 Å². The number of amides is 7. The number of hydrogen-bond donors (Lipinski definition) is 6. The minimum Gasteiger partial charge on any atom is -0.461 e. The maximum Gasteiger partial charge on any atom is 0.308 e. The standard InChI is InChI=1S/C62H79N7O12/c1-8-40(5)55(67-56(73)49(30-31-52(71)80-37-44-24-16-11-17-25-44)65-57(74)50(64-42(7)70)33-53(72)81-38-45-26-18-12-19-27-45)59(76)66-54(39(3)4)60(77)69-35-48(79-36-43-22-14-10-15-23-43)32-51(69)58(75)68-62(34-47(62)9-2)61(78)63-41(6)46-28-20-13-21-29-46/h10-29,39-41,47-51,54-55H,8-9,30-38H2,1-7H3,(H,63,78)(H,64,70)(H,65,74)(H,66,76)(H,67,73)(H,68,75)/t40-,41-,47?,48+,49+,50-,51-,54-,55-,62+/m0/s1. The molecule has 4 aromatic rings. The zero-order valence-electron chi connectivity index (χ0n) is 47.4. The lowest BCUT2D eigenvalue weighted by Crippen LogP contribution is -2.61. The first-order valence-corrected chi connectivity index (χ1v) is 28.0. The average Bonchev–Trinajstić information content (AvgIpc) is 2.78. The smallest absolute Gasteiger partial charge is 0.308 e. The van der Waals surface area contributed by atoms with Gasteiger partial charge < -0.3 is 51.0 Å². The number of ether oxygens (including phenoxy) is 3. The molecule has 0 bridgehead atoms. The molecule has 6 N–H and O–H groups in total. The predicted molar refractivity (Wildman–Crippen MR) is 301 cm³/mol. The molecule has 1 aliphatic heterocycles. The third-order valence-corrected chi connectivity index (χ3v) is 15.0. The summed E-state index contributed by atoms with van der Waals surface area (Å²) in [7, 11) is 0. The van der Waals surface area contributed by atoms with E-state index in [1.54, 1.807) is 82.3 Å². The number of benzene rings is 4. The van der Waals surface area contributed by atoms with E-state index in [1.807, 2.05) is 80.6 Å². The van der Waals surface area contributed by atoms with Crippen molar-refractivity contribution in [2.24, 2.45) is 17.8 Å². The Hall–Kier alpha value is -7.93. The SMILES string of the molecule is CCC1C[C@]1(NC(=O)[C@@H]1C[C@@H](OCc2ccccc2)CN1C(=O)[C@@H](NC(=O)[C@@H](NC(=O)[C@@H](CCC(=O)OCc1ccccc1)NC(=O)[C@H](CC(=O)OCc1ccccc1)NC(C)=O)[C@@H](C)CC)C(C)C)C(=O)N[C@@H](C)c1ccccc1. The Morgan fingerprint density at radius 3 is 1.68 bits per heavy atom. The molecule has 2 fully saturated rings. The van der Waals surface area contributed by atoms with E-state index < -0.39 is 107 Å². The van der Waals surface area contributed by atoms with E-state index in [0.717, 1.165) is 23.6 Å². The summed E-state index contributed by atoms with van der Waals surface area (Å²) in [5.41, 5.74) is 1.98. The molecule has 1 unspecified atom stereocenters. The molecular weight excluding hydrogens is 1030 g/mol. The van der Waals surface area contributed by atoms with Gasteiger partial charge in [0.15, 0.2) is 0 Å². The number of rotatable bonds is 29. The highest BCUT2D eigenvalue weighted by atomic mass is 16.5. The van der Waals surface area contributed by atoms with Crippen molar-refractivity contribution in [1.82, 2.24) is 36.8 Å². The van der Waals surface area contributed by atoms with Crippen LogP contribution in [0.3, 0.4) is 0 Å². The van der Waals surface area contributed by atoms with Crippen LogP contribution in [0.5, 0.6) is 0 Å². The summed E-state index contributed by atoms with van der Waals surface area (Å²) in [6.07, 6.45) is -0.382. The fraction of sp³-hybridized carbons (Fsp3) is 0.468. The van der Waals surface area contributed by atoms with Crippen molar-refractivity contribution in [3.8, 4) is 0 Å². The van der Waals surface area contributed by atoms with Crippen molar-refractivity contribution in [3.63, 3.8) is 0 Å². The highest BCUT2D eigenvalue weighted by molar-refractivity contribution is 5.99. The Labute approximate surface area is 474 Å². The Kier molecular flexibility index (Phi) is 23.1. The average molecular weight is 1110 g/mol. The predicted octanol–water partition coefficient (Wildman–Crippen LogP) is 5.65. The highest BCUT2D eigenvalue weighted by Crippen LogP contribution is 2.47. The van der Waals surface area contributed by atoms with E-state index in [4.69, 9.17) is 14.2 Å². The third kappa shape index (κ3) is 18.0. The second-order valence-corrected chi connectivity index (χ2v) is 21.5. The minimum absolute atomic E-state index is 0.00476. The number of nitrogens with zero attached hydrogens (tertiary/aromatic N) is 1. The first-order valence-electron chi connectivity index (χ1n) is 28.0. The zero-order valence-corrected chi connectivity index (χ0v) is 47.4. The first kappa shape index (κ1) is 62.3. The Bertz CT molecular complexity index is 2770. The maximum atomic E-state index is 15.1. The van der Waals surface area contributed by atoms with Crippen LogP contribution < -0.4 is 31.9 Å². The molecule has 10 atom stereocenters. The number of likely N-dealkylation sites (tertiary alicyclic amines) is 1. The summed E-state index contributed by atoms with van der Waals surface area (Å²) in [5.74, 6) is -7.41. The molecule has 434 valence electrons. The maximum absolute atomic E-state index is 15.1. The molecule has 0 aromatic heterocycles. The molecule has 7 amide bonds. The van der Waals surface area contributed by atoms with Crippen LogP contribution in [0.2, 0.25) is 0 Å². The van der Waals surface area contributed by atoms with Crippen molar-refractivity contribution >= 4 is 53.3 Å². The van der Waals surface area contributed by atoms with Gasteiger partial charge in [-0.25, -0.2) is 0 Å². The van der Waals surface area contributed by atoms with Crippen molar-refractivity contribution in [3.05, 3.63) is 144 Å². The van der Waals surface area contributed by atoms with E-state index in [9.17, 15) is 38.4 Å². The van der Waals surface area contributed by atoms with E-state index in [-0.39, 0.29) is 63.5 Å². The summed E-state index contributed by atoms with van der Waals surface area (Å²) in [5, 5.41) is 16.8. The second kappa shape index (κ2) is 30.0. The van der Waals surface area contributed by atoms with Gasteiger partial charge in [-0.05, 0) is 59.8 Å². The van der Waals surface area contributed by atoms with Crippen LogP contribution >= 0.6 is 0 Å². The van der Waals surface area contributed by atoms with E-state index >= 15 is 4.79 Å². The van der Waals surface area contributed by atoms with Gasteiger partial charge in [-0.1, -0.05) is 169 Å². The summed E-state index contributed by atoms with van der Waals surface area (Å²) in [4.78, 5) is 127. The molecule has 1 heterocycles. The second-order valence-electron chi connectivity index (χ2n) is 21.5. The lowest BCUT2D eigenvalue weighted by Gasteiger charge is -2.33. The van der Waals surface area contributed by atoms with Crippen molar-refractivity contribution in [2.75, 3.05) is 6.54 Å². The van der Waals surface area contributed by atoms with Gasteiger partial charge in [-0.15, -0.1) is 0 Å². The molecule has 0 radical (unpaired) electrons. The number of carbonyl (C=O) groups is 9. The van der Waals surface area contributed by atoms with Gasteiger partial charge in [0.25, 0.3) is 0 Å². The quantitative estimate of drug-likeness (QED) is 0.0361. The van der Waals surface area contributed by atoms with Crippen LogP contribution in [0.4, 0.5) is 0 Å². The molecule has 1 aliphatic carbocycles. The molecule has 1 saturated carbocycles. The Balaban J connectivity index is 1.21. The third-order valence-electron chi connectivity index (χ3n) is 15.0. The molecule has 81 heavy (non-hydrogen) atoms. The normalized spacial score (nSPS) is 19.5. The van der Waals surface area contributed by atoms with Gasteiger partial charge in [0, 0.05) is 26.3 Å².